The van der Waals surface area contributed by atoms with Crippen LogP contribution in [0.3, 0.4) is 0 Å². The van der Waals surface area contributed by atoms with Crippen molar-refractivity contribution in [2.75, 3.05) is 0 Å². The van der Waals surface area contributed by atoms with E-state index in [1.807, 2.05) is 6.08 Å². The van der Waals surface area contributed by atoms with Gasteiger partial charge in [-0.25, -0.2) is 0 Å². The van der Waals surface area contributed by atoms with Gasteiger partial charge in [-0.2, -0.15) is 0 Å². The molecule has 0 aliphatic rings. The fourth-order valence-electron chi connectivity index (χ4n) is 0.204. The van der Waals surface area contributed by atoms with Gasteiger partial charge in [0, 0.05) is 9.93 Å². The Morgan fingerprint density at radius 3 is 2.00 bits per heavy atom. The Morgan fingerprint density at radius 2 is 2.00 bits per heavy atom. The summed E-state index contributed by atoms with van der Waals surface area (Å²) in [6.45, 7) is 5.69. The third-order valence-corrected chi connectivity index (χ3v) is 0.493. The third-order valence-electron chi connectivity index (χ3n) is 0.493. The highest BCUT2D eigenvalue weighted by Crippen LogP contribution is 1.82. The molecule has 0 aromatic carbocycles. The first-order valence-electron chi connectivity index (χ1n) is 2.19. The Kier molecular flexibility index (Phi) is 25.2. The van der Waals surface area contributed by atoms with Crippen LogP contribution < -0.4 is 0 Å². The van der Waals surface area contributed by atoms with Crippen molar-refractivity contribution in [3.05, 3.63) is 22.6 Å². The van der Waals surface area contributed by atoms with Crippen molar-refractivity contribution in [3.8, 4) is 0 Å². The zero-order valence-corrected chi connectivity index (χ0v) is 4.52. The van der Waals surface area contributed by atoms with Crippen molar-refractivity contribution in [1.29, 1.82) is 0 Å². The molecule has 2 nitrogen and oxygen atoms in total. The van der Waals surface area contributed by atoms with Gasteiger partial charge in [0.2, 0.25) is 0 Å². The highest BCUT2D eigenvalue weighted by Gasteiger charge is 1.61. The molecule has 2 heteroatoms. The summed E-state index contributed by atoms with van der Waals surface area (Å²) in [7, 11) is 0. The molecule has 0 aromatic heterocycles. The summed E-state index contributed by atoms with van der Waals surface area (Å²) in [5.74, 6) is 0. The fraction of sp³-hybridized carbons (Fsp3) is 0.600. The number of allylic oxidation sites excluding steroid dienone is 1. The molecule has 7 heavy (non-hydrogen) atoms. The van der Waals surface area contributed by atoms with E-state index >= 15 is 0 Å². The Hall–Kier alpha value is -0.660. The van der Waals surface area contributed by atoms with E-state index in [0.717, 1.165) is 6.42 Å². The quantitative estimate of drug-likeness (QED) is 0.500. The molecule has 0 radical (unpaired) electrons. The molecule has 0 spiro atoms. The number of hydrogen-bond acceptors (Lipinski definition) is 2. The van der Waals surface area contributed by atoms with Crippen LogP contribution in [0.5, 0.6) is 0 Å². The molecule has 42 valence electrons. The monoisotopic (exact) mass is 102 g/mol. The maximum absolute atomic E-state index is 7.00. The summed E-state index contributed by atoms with van der Waals surface area (Å²) in [5.41, 5.74) is 0. The van der Waals surface area contributed by atoms with Crippen LogP contribution in [0.25, 0.3) is 0 Å². The summed E-state index contributed by atoms with van der Waals surface area (Å²) in [4.78, 5) is 14.0. The average Bonchev–Trinajstić information content (AvgIpc) is 1.75. The van der Waals surface area contributed by atoms with Crippen molar-refractivity contribution in [1.82, 2.24) is 0 Å². The van der Waals surface area contributed by atoms with Crippen LogP contribution in [-0.4, -0.2) is 0 Å². The lowest BCUT2D eigenvalue weighted by Crippen LogP contribution is -1.52. The Morgan fingerprint density at radius 1 is 1.57 bits per heavy atom. The van der Waals surface area contributed by atoms with Crippen molar-refractivity contribution in [3.63, 3.8) is 0 Å². The Bertz CT molecular complexity index is 35.1. The average molecular weight is 102 g/mol. The molecule has 0 saturated carbocycles. The van der Waals surface area contributed by atoms with E-state index in [1.165, 1.54) is 6.42 Å². The number of rotatable bonds is 2. The zero-order chi connectivity index (χ0) is 6.12. The minimum Gasteiger partial charge on any atom is -0.103 e. The van der Waals surface area contributed by atoms with Crippen LogP contribution in [0, 0.1) is 9.93 Å². The molecule has 0 atom stereocenters. The van der Waals surface area contributed by atoms with E-state index in [-0.39, 0.29) is 0 Å². The van der Waals surface area contributed by atoms with Gasteiger partial charge in [0.15, 0.2) is 0 Å². The van der Waals surface area contributed by atoms with Gasteiger partial charge in [-0.3, -0.25) is 0 Å². The standard InChI is InChI=1S/C5H10.O2/c1-3-5-4-2;1-2/h3H,1,4-5H2,2H3;. The first-order chi connectivity index (χ1) is 3.41. The maximum Gasteiger partial charge on any atom is 0 e. The molecule has 0 bridgehead atoms. The highest BCUT2D eigenvalue weighted by molar-refractivity contribution is 4.63. The minimum atomic E-state index is 1.15. The molecule has 0 rings (SSSR count). The summed E-state index contributed by atoms with van der Waals surface area (Å²) in [5, 5.41) is 0. The molecule has 0 N–H and O–H groups in total. The SMILES string of the molecule is C=CCCC.O=O. The second kappa shape index (κ2) is 18.4. The van der Waals surface area contributed by atoms with Gasteiger partial charge in [0.1, 0.15) is 0 Å². The first kappa shape index (κ1) is 9.60. The van der Waals surface area contributed by atoms with Gasteiger partial charge in [-0.1, -0.05) is 19.4 Å². The van der Waals surface area contributed by atoms with Gasteiger partial charge >= 0.3 is 0 Å². The minimum absolute atomic E-state index is 1.15. The molecule has 0 amide bonds. The normalized spacial score (nSPS) is 5.86. The topological polar surface area (TPSA) is 34.1 Å². The maximum atomic E-state index is 7.00. The molecule has 0 fully saturated rings. The molecular formula is C5H10O2. The molecule has 0 heterocycles. The van der Waals surface area contributed by atoms with Crippen molar-refractivity contribution < 1.29 is 0 Å². The molecule has 0 aliphatic heterocycles. The van der Waals surface area contributed by atoms with Crippen molar-refractivity contribution >= 4 is 0 Å². The van der Waals surface area contributed by atoms with Crippen LogP contribution >= 0.6 is 0 Å². The molecule has 0 saturated heterocycles. The number of unbranched alkanes of at least 4 members (excludes halogenated alkanes) is 1. The zero-order valence-electron chi connectivity index (χ0n) is 4.52. The fourth-order valence-corrected chi connectivity index (χ4v) is 0.204. The van der Waals surface area contributed by atoms with Gasteiger partial charge in [0.05, 0.1) is 0 Å². The molecular weight excluding hydrogens is 92.1 g/mol. The van der Waals surface area contributed by atoms with Crippen LogP contribution in [-0.2, 0) is 0 Å². The lowest BCUT2D eigenvalue weighted by molar-refractivity contribution is 0.961. The molecule has 0 aromatic rings. The van der Waals surface area contributed by atoms with Crippen LogP contribution in [0.15, 0.2) is 12.7 Å². The largest absolute Gasteiger partial charge is 0.103 e. The molecule has 0 unspecified atom stereocenters. The highest BCUT2D eigenvalue weighted by atomic mass is 16.7. The second-order valence-electron chi connectivity index (χ2n) is 1.08. The first-order valence-corrected chi connectivity index (χ1v) is 2.19. The van der Waals surface area contributed by atoms with E-state index in [1.54, 1.807) is 0 Å². The van der Waals surface area contributed by atoms with E-state index in [2.05, 4.69) is 13.5 Å². The lowest BCUT2D eigenvalue weighted by atomic mass is 10.3. The van der Waals surface area contributed by atoms with E-state index in [0.29, 0.717) is 0 Å². The smallest absolute Gasteiger partial charge is 0 e. The van der Waals surface area contributed by atoms with Crippen molar-refractivity contribution in [2.45, 2.75) is 19.8 Å². The predicted molar refractivity (Wildman–Crippen MR) is 31.8 cm³/mol. The predicted octanol–water partition coefficient (Wildman–Crippen LogP) is 2.04. The van der Waals surface area contributed by atoms with Gasteiger partial charge < -0.3 is 0 Å². The van der Waals surface area contributed by atoms with E-state index in [9.17, 15) is 0 Å². The number of hydrogen-bond donors (Lipinski definition) is 0. The van der Waals surface area contributed by atoms with Crippen LogP contribution in [0.4, 0.5) is 0 Å². The summed E-state index contributed by atoms with van der Waals surface area (Å²) >= 11 is 0. The lowest BCUT2D eigenvalue weighted by Gasteiger charge is -1.72. The van der Waals surface area contributed by atoms with Gasteiger partial charge in [-0.05, 0) is 6.42 Å². The third kappa shape index (κ3) is 33.2. The molecule has 0 aliphatic carbocycles. The van der Waals surface area contributed by atoms with Gasteiger partial charge in [0.25, 0.3) is 0 Å². The summed E-state index contributed by atoms with van der Waals surface area (Å²) < 4.78 is 0. The van der Waals surface area contributed by atoms with E-state index in [4.69, 9.17) is 9.93 Å². The Labute approximate surface area is 43.4 Å². The van der Waals surface area contributed by atoms with Crippen molar-refractivity contribution in [2.24, 2.45) is 0 Å². The summed E-state index contributed by atoms with van der Waals surface area (Å²) in [6.07, 6.45) is 4.31. The summed E-state index contributed by atoms with van der Waals surface area (Å²) in [6, 6.07) is 0. The van der Waals surface area contributed by atoms with E-state index < -0.39 is 0 Å². The van der Waals surface area contributed by atoms with Crippen LogP contribution in [0.2, 0.25) is 0 Å². The Balaban J connectivity index is 0. The van der Waals surface area contributed by atoms with Crippen LogP contribution in [0.1, 0.15) is 19.8 Å². The second-order valence-corrected chi connectivity index (χ2v) is 1.08. The van der Waals surface area contributed by atoms with Gasteiger partial charge in [-0.15, -0.1) is 6.58 Å².